The summed E-state index contributed by atoms with van der Waals surface area (Å²) in [5, 5.41) is 15.1. The average molecular weight is 1680 g/mol. The van der Waals surface area contributed by atoms with Crippen LogP contribution >= 0.6 is 0 Å². The molecule has 0 unspecified atom stereocenters. The van der Waals surface area contributed by atoms with Gasteiger partial charge in [0.05, 0.1) is 66.2 Å². The average Bonchev–Trinajstić information content (AvgIpc) is 1.49. The lowest BCUT2D eigenvalue weighted by molar-refractivity contribution is 0.660. The first-order chi connectivity index (χ1) is 65.0. The van der Waals surface area contributed by atoms with Gasteiger partial charge in [0.25, 0.3) is 0 Å². The summed E-state index contributed by atoms with van der Waals surface area (Å²) in [5.74, 6) is 0. The van der Waals surface area contributed by atoms with Crippen molar-refractivity contribution in [2.75, 3.05) is 0 Å². The summed E-state index contributed by atoms with van der Waals surface area (Å²) in [6, 6.07) is 166. The summed E-state index contributed by atoms with van der Waals surface area (Å²) in [5.41, 5.74) is 41.8. The van der Waals surface area contributed by atoms with Crippen LogP contribution in [0, 0.1) is 0 Å². The Morgan fingerprint density at radius 3 is 0.606 bits per heavy atom. The minimum atomic E-state index is -0.106. The van der Waals surface area contributed by atoms with Gasteiger partial charge in [0.1, 0.15) is 0 Å². The molecule has 0 radical (unpaired) electrons. The number of hydrogen-bond acceptors (Lipinski definition) is 0. The fourth-order valence-electron chi connectivity index (χ4n) is 23.0. The summed E-state index contributed by atoms with van der Waals surface area (Å²) in [6.07, 6.45) is 0. The van der Waals surface area contributed by atoms with Crippen LogP contribution in [0.3, 0.4) is 0 Å². The minimum absolute atomic E-state index is 0.0994. The molecule has 20 aromatic carbocycles. The quantitative estimate of drug-likeness (QED) is 0.131. The Hall–Kier alpha value is -16.8. The molecule has 0 amide bonds. The van der Waals surface area contributed by atoms with Gasteiger partial charge in [0.15, 0.2) is 0 Å². The highest BCUT2D eigenvalue weighted by molar-refractivity contribution is 6.17. The van der Waals surface area contributed by atoms with E-state index in [1.807, 2.05) is 0 Å². The second-order valence-electron chi connectivity index (χ2n) is 37.1. The van der Waals surface area contributed by atoms with Crippen molar-refractivity contribution in [2.24, 2.45) is 0 Å². The Kier molecular flexibility index (Phi) is 16.5. The number of fused-ring (bicyclic) bond motifs is 24. The zero-order chi connectivity index (χ0) is 87.3. The highest BCUT2D eigenvalue weighted by atomic mass is 15.0. The van der Waals surface area contributed by atoms with E-state index >= 15 is 0 Å². The van der Waals surface area contributed by atoms with Crippen LogP contribution in [0.1, 0.15) is 49.9 Å². The Labute approximate surface area is 763 Å². The largest absolute Gasteiger partial charge is 0.309 e. The fraction of sp³-hybridized carbons (Fsp3) is 0.0476. The van der Waals surface area contributed by atoms with Gasteiger partial charge in [-0.05, 0) is 271 Å². The standard InChI is InChI=1S/2C63H43N3/c1-63(2)55-18-8-3-13-47(55)48-34-33-46(39-56(48)63)66-61-35-27-42(40-23-29-44(30-24-40)64-57-19-9-4-14-49(57)50-15-5-10-20-58(50)64)37-53(61)54-38-43(28-36-62(54)66)41-25-31-45(32-26-41)65-59-21-11-6-16-51(59)52-17-7-12-22-60(52)65;1-63(2)55-22-12-9-19-47(55)48-30-29-46(39-56(48)63)66-61-33-27-42(40-25-31-59-51(35-40)49-20-10-13-23-57(49)64(59)44-15-5-3-6-16-44)37-53(61)54-38-43(28-34-62(54)66)41-26-32-60-52(36-41)50-21-11-14-24-58(50)65(60)45-17-7-4-8-18-45/h2*3-39H,1-2H3. The van der Waals surface area contributed by atoms with Crippen LogP contribution in [0.15, 0.2) is 449 Å². The molecule has 2 aliphatic carbocycles. The smallest absolute Gasteiger partial charge is 0.0541 e. The van der Waals surface area contributed by atoms with E-state index in [1.165, 1.54) is 243 Å². The predicted molar refractivity (Wildman–Crippen MR) is 556 cm³/mol. The molecule has 620 valence electrons. The second kappa shape index (κ2) is 28.9. The molecule has 26 aromatic rings. The summed E-state index contributed by atoms with van der Waals surface area (Å²) in [4.78, 5) is 0. The molecule has 6 aromatic heterocycles. The van der Waals surface area contributed by atoms with E-state index < -0.39 is 0 Å². The van der Waals surface area contributed by atoms with Crippen LogP contribution in [0.5, 0.6) is 0 Å². The van der Waals surface area contributed by atoms with Crippen LogP contribution in [-0.2, 0) is 10.8 Å². The molecule has 132 heavy (non-hydrogen) atoms. The topological polar surface area (TPSA) is 29.6 Å². The molecule has 6 heterocycles. The Balaban J connectivity index is 0.000000135. The van der Waals surface area contributed by atoms with Crippen molar-refractivity contribution in [3.05, 3.63) is 471 Å². The molecular formula is C126H86N6. The van der Waals surface area contributed by atoms with Gasteiger partial charge in [-0.15, -0.1) is 0 Å². The monoisotopic (exact) mass is 1680 g/mol. The lowest BCUT2D eigenvalue weighted by atomic mass is 9.82. The van der Waals surface area contributed by atoms with E-state index in [2.05, 4.69) is 504 Å². The lowest BCUT2D eigenvalue weighted by Gasteiger charge is -2.22. The molecular weight excluding hydrogens is 1600 g/mol. The third-order valence-corrected chi connectivity index (χ3v) is 29.3. The molecule has 0 spiro atoms. The maximum absolute atomic E-state index is 2.49. The van der Waals surface area contributed by atoms with Crippen LogP contribution in [-0.4, -0.2) is 27.4 Å². The molecule has 0 saturated carbocycles. The van der Waals surface area contributed by atoms with Gasteiger partial charge in [0, 0.05) is 110 Å². The maximum Gasteiger partial charge on any atom is 0.0541 e. The third-order valence-electron chi connectivity index (χ3n) is 29.3. The number of nitrogens with zero attached hydrogens (tertiary/aromatic N) is 6. The number of benzene rings is 20. The number of aromatic nitrogens is 6. The molecule has 6 nitrogen and oxygen atoms in total. The molecule has 0 aliphatic heterocycles. The normalized spacial score (nSPS) is 13.1. The second-order valence-corrected chi connectivity index (χ2v) is 37.1. The molecule has 2 aliphatic rings. The van der Waals surface area contributed by atoms with E-state index in [0.29, 0.717) is 0 Å². The van der Waals surface area contributed by atoms with Crippen molar-refractivity contribution in [2.45, 2.75) is 38.5 Å². The zero-order valence-electron chi connectivity index (χ0n) is 73.4. The van der Waals surface area contributed by atoms with E-state index in [1.54, 1.807) is 0 Å². The van der Waals surface area contributed by atoms with Crippen LogP contribution in [0.2, 0.25) is 0 Å². The van der Waals surface area contributed by atoms with Gasteiger partial charge in [-0.3, -0.25) is 0 Å². The molecule has 0 N–H and O–H groups in total. The van der Waals surface area contributed by atoms with Gasteiger partial charge in [-0.25, -0.2) is 0 Å². The molecule has 28 rings (SSSR count). The Bertz CT molecular complexity index is 8780. The van der Waals surface area contributed by atoms with Gasteiger partial charge in [0.2, 0.25) is 0 Å². The Morgan fingerprint density at radius 2 is 0.318 bits per heavy atom. The van der Waals surface area contributed by atoms with Crippen LogP contribution < -0.4 is 0 Å². The molecule has 0 bridgehead atoms. The van der Waals surface area contributed by atoms with Crippen molar-refractivity contribution < 1.29 is 0 Å². The lowest BCUT2D eigenvalue weighted by Crippen LogP contribution is -2.15. The first kappa shape index (κ1) is 75.4. The molecule has 0 saturated heterocycles. The third kappa shape index (κ3) is 11.3. The number of hydrogen-bond donors (Lipinski definition) is 0. The summed E-state index contributed by atoms with van der Waals surface area (Å²) < 4.78 is 14.5. The van der Waals surface area contributed by atoms with Crippen molar-refractivity contribution >= 4 is 131 Å². The summed E-state index contributed by atoms with van der Waals surface area (Å²) in [6.45, 7) is 9.47. The molecule has 0 fully saturated rings. The summed E-state index contributed by atoms with van der Waals surface area (Å²) in [7, 11) is 0. The number of rotatable bonds is 10. The molecule has 0 atom stereocenters. The van der Waals surface area contributed by atoms with E-state index in [-0.39, 0.29) is 10.8 Å². The van der Waals surface area contributed by atoms with Crippen molar-refractivity contribution in [3.8, 4) is 101 Å². The first-order valence-electron chi connectivity index (χ1n) is 46.0. The highest BCUT2D eigenvalue weighted by Crippen LogP contribution is 2.53. The van der Waals surface area contributed by atoms with Gasteiger partial charge in [-0.1, -0.05) is 295 Å². The maximum atomic E-state index is 2.49. The SMILES string of the molecule is CC1(C)c2ccccc2-c2ccc(-n3c4ccc(-c5ccc(-n6c7ccccc7c7ccccc76)cc5)cc4c4cc(-c5ccc(-n6c7ccccc7c7ccccc76)cc5)ccc43)cc21.CC1(C)c2ccccc2-c2ccc(-n3c4ccc(-c5ccc6c(c5)c5ccccc5n6-c5ccccc5)cc4c4cc(-c5ccc6c(c5)c5ccccc5n6-c5ccccc5)ccc43)cc21. The zero-order valence-corrected chi connectivity index (χ0v) is 73.4. The van der Waals surface area contributed by atoms with Crippen LogP contribution in [0.25, 0.3) is 232 Å². The Morgan fingerprint density at radius 1 is 0.129 bits per heavy atom. The van der Waals surface area contributed by atoms with E-state index in [9.17, 15) is 0 Å². The fourth-order valence-corrected chi connectivity index (χ4v) is 23.0. The van der Waals surface area contributed by atoms with Gasteiger partial charge < -0.3 is 27.4 Å². The number of para-hydroxylation sites is 8. The molecule has 6 heteroatoms. The van der Waals surface area contributed by atoms with Gasteiger partial charge in [-0.2, -0.15) is 0 Å². The van der Waals surface area contributed by atoms with Crippen molar-refractivity contribution in [1.82, 2.24) is 27.4 Å². The highest BCUT2D eigenvalue weighted by Gasteiger charge is 2.38. The van der Waals surface area contributed by atoms with Gasteiger partial charge >= 0.3 is 0 Å². The van der Waals surface area contributed by atoms with E-state index in [4.69, 9.17) is 0 Å². The van der Waals surface area contributed by atoms with E-state index in [0.717, 1.165) is 11.4 Å². The van der Waals surface area contributed by atoms with Crippen LogP contribution in [0.4, 0.5) is 0 Å². The predicted octanol–water partition coefficient (Wildman–Crippen LogP) is 33.2. The first-order valence-corrected chi connectivity index (χ1v) is 46.0. The summed E-state index contributed by atoms with van der Waals surface area (Å²) >= 11 is 0. The minimum Gasteiger partial charge on any atom is -0.309 e. The van der Waals surface area contributed by atoms with Crippen molar-refractivity contribution in [1.29, 1.82) is 0 Å². The van der Waals surface area contributed by atoms with Crippen molar-refractivity contribution in [3.63, 3.8) is 0 Å².